The van der Waals surface area contributed by atoms with E-state index in [4.69, 9.17) is 33.7 Å². The van der Waals surface area contributed by atoms with Crippen LogP contribution in [0.5, 0.6) is 0 Å². The number of esters is 1. The first kappa shape index (κ1) is 58.6. The minimum atomic E-state index is -0.714. The number of alkyl carbamates (subject to hydrolysis) is 1. The Bertz CT molecular complexity index is 4500. The van der Waals surface area contributed by atoms with Gasteiger partial charge in [0.15, 0.2) is 11.6 Å². The van der Waals surface area contributed by atoms with E-state index >= 15 is 0 Å². The normalized spacial score (nSPS) is 12.4. The van der Waals surface area contributed by atoms with Crippen molar-refractivity contribution < 1.29 is 32.9 Å². The maximum absolute atomic E-state index is 13.3. The number of piperidine rings is 1. The number of methoxy groups -OCH3 is 1. The lowest BCUT2D eigenvalue weighted by Gasteiger charge is -2.32. The van der Waals surface area contributed by atoms with Gasteiger partial charge in [-0.15, -0.1) is 0 Å². The summed E-state index contributed by atoms with van der Waals surface area (Å²) in [5.74, 6) is 1.20. The molecule has 23 nitrogen and oxygen atoms in total. The fourth-order valence-electron chi connectivity index (χ4n) is 10.1. The quantitative estimate of drug-likeness (QED) is 0.0804. The fraction of sp³-hybridized carbons (Fsp3) is 0.179. The third kappa shape index (κ3) is 13.7. The van der Waals surface area contributed by atoms with Gasteiger partial charge in [-0.3, -0.25) is 24.7 Å². The van der Waals surface area contributed by atoms with E-state index in [0.29, 0.717) is 84.6 Å². The molecular weight excluding hydrogens is 1140 g/mol. The molecule has 12 aromatic rings. The lowest BCUT2D eigenvalue weighted by atomic mass is 10.0. The molecule has 3 N–H and O–H groups in total. The molecule has 0 spiro atoms. The maximum Gasteiger partial charge on any atom is 0.407 e. The van der Waals surface area contributed by atoms with Crippen LogP contribution >= 0.6 is 0 Å². The molecule has 4 aromatic carbocycles. The summed E-state index contributed by atoms with van der Waals surface area (Å²) >= 11 is 0. The number of carbonyl (C=O) groups excluding carboxylic acids is 3. The highest BCUT2D eigenvalue weighted by Crippen LogP contribution is 2.37. The van der Waals surface area contributed by atoms with Crippen LogP contribution < -0.4 is 16.0 Å². The van der Waals surface area contributed by atoms with Gasteiger partial charge in [-0.2, -0.15) is 9.97 Å². The molecule has 2 amide bonds. The number of likely N-dealkylation sites (tertiary alicyclic amines) is 1. The van der Waals surface area contributed by atoms with Gasteiger partial charge in [0.25, 0.3) is 0 Å². The summed E-state index contributed by atoms with van der Waals surface area (Å²) in [5, 5.41) is 19.6. The number of hydrogen-bond acceptors (Lipinski definition) is 21. The van der Waals surface area contributed by atoms with Crippen LogP contribution in [-0.4, -0.2) is 115 Å². The Morgan fingerprint density at radius 3 is 1.47 bits per heavy atom. The van der Waals surface area contributed by atoms with Crippen molar-refractivity contribution in [2.24, 2.45) is 0 Å². The largest absolute Gasteiger partial charge is 0.462 e. The molecule has 0 aliphatic carbocycles. The average Bonchev–Trinajstić information content (AvgIpc) is 1.64. The summed E-state index contributed by atoms with van der Waals surface area (Å²) in [6, 6.07) is 47.4. The summed E-state index contributed by atoms with van der Waals surface area (Å²) in [6.07, 6.45) is 10.7. The van der Waals surface area contributed by atoms with Crippen LogP contribution in [0.25, 0.3) is 89.6 Å². The topological polar surface area (TPSA) is 290 Å². The molecule has 1 fully saturated rings. The second kappa shape index (κ2) is 26.5. The van der Waals surface area contributed by atoms with Gasteiger partial charge in [0.1, 0.15) is 17.2 Å². The predicted octanol–water partition coefficient (Wildman–Crippen LogP) is 11.7. The number of pyridine rings is 4. The zero-order valence-corrected chi connectivity index (χ0v) is 49.3. The molecule has 90 heavy (non-hydrogen) atoms. The summed E-state index contributed by atoms with van der Waals surface area (Å²) in [6.45, 7) is 7.25. The molecule has 1 aliphatic heterocycles. The summed E-state index contributed by atoms with van der Waals surface area (Å²) in [5.41, 5.74) is 9.17. The molecule has 9 heterocycles. The minimum absolute atomic E-state index is 0.0936. The van der Waals surface area contributed by atoms with Crippen LogP contribution in [-0.2, 0) is 22.6 Å². The summed E-state index contributed by atoms with van der Waals surface area (Å²) in [7, 11) is 1.24. The number of rotatable bonds is 15. The number of amides is 2. The van der Waals surface area contributed by atoms with Crippen LogP contribution in [0.3, 0.4) is 0 Å². The van der Waals surface area contributed by atoms with Crippen molar-refractivity contribution in [1.29, 1.82) is 0 Å². The molecule has 13 rings (SSSR count). The lowest BCUT2D eigenvalue weighted by Crippen LogP contribution is -2.47. The number of carbonyl (C=O) groups is 3. The van der Waals surface area contributed by atoms with Gasteiger partial charge in [0.05, 0.1) is 53.4 Å². The minimum Gasteiger partial charge on any atom is -0.462 e. The van der Waals surface area contributed by atoms with Crippen LogP contribution in [0.15, 0.2) is 192 Å². The summed E-state index contributed by atoms with van der Waals surface area (Å²) in [4.78, 5) is 84.8. The van der Waals surface area contributed by atoms with Gasteiger partial charge in [-0.1, -0.05) is 107 Å². The first-order valence-electron chi connectivity index (χ1n) is 28.9. The Balaban J connectivity index is 0.000000181. The Labute approximate surface area is 515 Å². The average molecular weight is 1200 g/mol. The molecular formula is C67H58N16O7. The van der Waals surface area contributed by atoms with Crippen LogP contribution in [0.4, 0.5) is 16.4 Å². The van der Waals surface area contributed by atoms with Gasteiger partial charge in [-0.25, -0.2) is 29.5 Å². The highest BCUT2D eigenvalue weighted by atomic mass is 16.6. The molecule has 8 aromatic heterocycles. The molecule has 448 valence electrons. The Morgan fingerprint density at radius 2 is 1.00 bits per heavy atom. The van der Waals surface area contributed by atoms with E-state index in [1.165, 1.54) is 7.11 Å². The van der Waals surface area contributed by atoms with E-state index in [1.807, 2.05) is 124 Å². The van der Waals surface area contributed by atoms with Crippen molar-refractivity contribution in [3.63, 3.8) is 0 Å². The highest BCUT2D eigenvalue weighted by molar-refractivity contribution is 6.04. The van der Waals surface area contributed by atoms with Gasteiger partial charge >= 0.3 is 29.8 Å². The van der Waals surface area contributed by atoms with Gasteiger partial charge in [0, 0.05) is 78.6 Å². The Hall–Kier alpha value is -11.8. The number of nitrogens with zero attached hydrogens (tertiary/aromatic N) is 13. The monoisotopic (exact) mass is 1200 g/mol. The summed E-state index contributed by atoms with van der Waals surface area (Å²) < 4.78 is 20.4. The Morgan fingerprint density at radius 1 is 0.533 bits per heavy atom. The zero-order chi connectivity index (χ0) is 62.0. The van der Waals surface area contributed by atoms with E-state index in [2.05, 4.69) is 97.3 Å². The molecule has 23 heteroatoms. The van der Waals surface area contributed by atoms with Gasteiger partial charge in [0.2, 0.25) is 11.6 Å². The lowest BCUT2D eigenvalue weighted by molar-refractivity contribution is 0.0467. The third-order valence-electron chi connectivity index (χ3n) is 14.3. The number of fused-ring (bicyclic) bond motifs is 2. The predicted molar refractivity (Wildman–Crippen MR) is 336 cm³/mol. The van der Waals surface area contributed by atoms with Crippen molar-refractivity contribution in [2.75, 3.05) is 30.8 Å². The van der Waals surface area contributed by atoms with Crippen molar-refractivity contribution in [1.82, 2.24) is 70.4 Å². The molecule has 1 aliphatic rings. The molecule has 0 bridgehead atoms. The fourth-order valence-corrected chi connectivity index (χ4v) is 10.1. The van der Waals surface area contributed by atoms with E-state index in [9.17, 15) is 14.4 Å². The van der Waals surface area contributed by atoms with Gasteiger partial charge in [-0.05, 0) is 104 Å². The highest BCUT2D eigenvalue weighted by Gasteiger charge is 2.30. The standard InChI is InChI=1S/C38H37N9O4.C29H21N7O3/c1-38(2,3)50-37(49)42-27-15-18-47(19-16-27)36(48)35-45-33(46-51-35)26-20-25(21-39-22-26)32-43-30-14-9-13-29(24-10-5-4-6-11-24)31(30)34(44-32)41-23-28-12-7-8-17-40-28;1-38-29(37)28-35-26(36-39-28)20-14-19(15-30-16-20)25-33-23-12-7-11-22(18-8-3-2-4-9-18)24(23)27(34-25)32-17-21-10-5-6-13-31-21/h4-14,17,20-22,27H,15-16,18-19,23H2,1-3H3,(H,42,49)(H,41,43,44);2-16H,17H2,1H3,(H,32,33,34). The van der Waals surface area contributed by atoms with Crippen molar-refractivity contribution in [2.45, 2.75) is 58.3 Å². The molecule has 0 radical (unpaired) electrons. The number of ether oxygens (including phenoxy) is 2. The van der Waals surface area contributed by atoms with E-state index in [1.54, 1.807) is 48.1 Å². The van der Waals surface area contributed by atoms with Crippen molar-refractivity contribution in [3.05, 3.63) is 206 Å². The second-order valence-corrected chi connectivity index (χ2v) is 21.7. The molecule has 0 unspecified atom stereocenters. The molecule has 1 saturated heterocycles. The van der Waals surface area contributed by atoms with Crippen LogP contribution in [0.2, 0.25) is 0 Å². The number of hydrogen-bond donors (Lipinski definition) is 3. The SMILES string of the molecule is CC(C)(C)OC(=O)NC1CCN(C(=O)c2nc(-c3cncc(-c4nc(NCc5ccccn5)c5c(-c6ccccc6)cccc5n4)c3)no2)CC1.COC(=O)c1nc(-c2cncc(-c3nc(NCc4ccccn4)c4c(-c5ccccc5)cccc4n3)c2)no1. The van der Waals surface area contributed by atoms with Crippen molar-refractivity contribution in [3.8, 4) is 67.8 Å². The number of aromatic nitrogens is 12. The van der Waals surface area contributed by atoms with Crippen molar-refractivity contribution >= 4 is 51.4 Å². The van der Waals surface area contributed by atoms with E-state index in [0.717, 1.165) is 55.4 Å². The first-order valence-corrected chi connectivity index (χ1v) is 28.9. The first-order chi connectivity index (χ1) is 43.9. The maximum atomic E-state index is 13.3. The van der Waals surface area contributed by atoms with E-state index < -0.39 is 17.7 Å². The second-order valence-electron chi connectivity index (χ2n) is 21.7. The van der Waals surface area contributed by atoms with Crippen LogP contribution in [0.1, 0.15) is 66.4 Å². The van der Waals surface area contributed by atoms with Crippen LogP contribution in [0, 0.1) is 0 Å². The van der Waals surface area contributed by atoms with Gasteiger partial charge < -0.3 is 39.4 Å². The number of anilines is 2. The molecule has 0 saturated carbocycles. The third-order valence-corrected chi connectivity index (χ3v) is 14.3. The smallest absolute Gasteiger partial charge is 0.407 e. The van der Waals surface area contributed by atoms with E-state index in [-0.39, 0.29) is 35.4 Å². The Kier molecular flexibility index (Phi) is 17.2. The molecule has 0 atom stereocenters. The zero-order valence-electron chi connectivity index (χ0n) is 49.3. The number of nitrogens with one attached hydrogen (secondary N) is 3. The number of benzene rings is 4.